The van der Waals surface area contributed by atoms with Crippen LogP contribution >= 0.6 is 0 Å². The number of hydrogen-bond acceptors (Lipinski definition) is 4. The summed E-state index contributed by atoms with van der Waals surface area (Å²) in [5.74, 6) is -0.0523. The van der Waals surface area contributed by atoms with Gasteiger partial charge in [-0.05, 0) is 47.0 Å². The molecule has 2 fully saturated rings. The number of carbonyl (C=O) groups excluding carboxylic acids is 2. The zero-order valence-electron chi connectivity index (χ0n) is 14.9. The fourth-order valence-electron chi connectivity index (χ4n) is 3.81. The van der Waals surface area contributed by atoms with Crippen molar-refractivity contribution >= 4 is 11.8 Å². The fourth-order valence-corrected chi connectivity index (χ4v) is 3.81. The van der Waals surface area contributed by atoms with E-state index in [0.29, 0.717) is 31.6 Å². The Hall–Kier alpha value is -1.14. The zero-order chi connectivity index (χ0) is 17.1. The van der Waals surface area contributed by atoms with Crippen LogP contribution in [0, 0.1) is 0 Å². The first kappa shape index (κ1) is 18.2. The number of rotatable bonds is 4. The van der Waals surface area contributed by atoms with E-state index in [2.05, 4.69) is 24.1 Å². The van der Waals surface area contributed by atoms with Crippen molar-refractivity contribution in [2.45, 2.75) is 83.6 Å². The van der Waals surface area contributed by atoms with Crippen LogP contribution in [0.3, 0.4) is 0 Å². The molecule has 2 amide bonds. The van der Waals surface area contributed by atoms with Gasteiger partial charge in [0, 0.05) is 30.7 Å². The van der Waals surface area contributed by atoms with E-state index >= 15 is 0 Å². The minimum Gasteiger partial charge on any atom is -0.352 e. The van der Waals surface area contributed by atoms with Crippen LogP contribution in [0.2, 0.25) is 0 Å². The molecule has 0 aromatic carbocycles. The average molecular weight is 324 g/mol. The number of carbonyl (C=O) groups is 2. The molecule has 6 nitrogen and oxygen atoms in total. The maximum absolute atomic E-state index is 12.8. The summed E-state index contributed by atoms with van der Waals surface area (Å²) in [6, 6.07) is 0.371. The number of likely N-dealkylation sites (tertiary alicyclic amines) is 2. The quantitative estimate of drug-likeness (QED) is 0.798. The average Bonchev–Trinajstić information content (AvgIpc) is 2.84. The molecule has 132 valence electrons. The first-order valence-corrected chi connectivity index (χ1v) is 8.90. The van der Waals surface area contributed by atoms with E-state index in [-0.39, 0.29) is 23.9 Å². The predicted octanol–water partition coefficient (Wildman–Crippen LogP) is 0.702. The molecule has 0 bridgehead atoms. The molecule has 2 saturated heterocycles. The maximum Gasteiger partial charge on any atom is 0.243 e. The highest BCUT2D eigenvalue weighted by molar-refractivity contribution is 5.89. The smallest absolute Gasteiger partial charge is 0.243 e. The Balaban J connectivity index is 2.02. The summed E-state index contributed by atoms with van der Waals surface area (Å²) in [5.41, 5.74) is 6.02. The predicted molar refractivity (Wildman–Crippen MR) is 90.9 cm³/mol. The Morgan fingerprint density at radius 1 is 1.22 bits per heavy atom. The number of nitrogens with zero attached hydrogens (tertiary/aromatic N) is 2. The maximum atomic E-state index is 12.8. The second-order valence-electron chi connectivity index (χ2n) is 7.52. The van der Waals surface area contributed by atoms with E-state index in [1.165, 1.54) is 6.42 Å². The molecule has 0 aliphatic carbocycles. The van der Waals surface area contributed by atoms with E-state index in [1.807, 2.05) is 13.8 Å². The second-order valence-corrected chi connectivity index (χ2v) is 7.52. The van der Waals surface area contributed by atoms with Crippen molar-refractivity contribution in [2.24, 2.45) is 5.73 Å². The molecule has 0 unspecified atom stereocenters. The minimum absolute atomic E-state index is 0.0301. The van der Waals surface area contributed by atoms with Crippen molar-refractivity contribution in [3.63, 3.8) is 0 Å². The zero-order valence-corrected chi connectivity index (χ0v) is 14.9. The number of amides is 2. The Kier molecular flexibility index (Phi) is 6.03. The van der Waals surface area contributed by atoms with Crippen LogP contribution in [-0.4, -0.2) is 64.9 Å². The molecular weight excluding hydrogens is 292 g/mol. The Bertz CT molecular complexity index is 430. The number of hydrogen-bond donors (Lipinski definition) is 2. The van der Waals surface area contributed by atoms with Crippen molar-refractivity contribution in [3.05, 3.63) is 0 Å². The highest BCUT2D eigenvalue weighted by Crippen LogP contribution is 2.24. The molecule has 23 heavy (non-hydrogen) atoms. The molecule has 2 heterocycles. The number of nitrogens with one attached hydrogen (secondary N) is 1. The molecule has 0 spiro atoms. The van der Waals surface area contributed by atoms with Crippen LogP contribution < -0.4 is 11.1 Å². The molecule has 2 aliphatic rings. The van der Waals surface area contributed by atoms with Gasteiger partial charge in [0.2, 0.25) is 11.8 Å². The lowest BCUT2D eigenvalue weighted by Gasteiger charge is -2.39. The van der Waals surface area contributed by atoms with E-state index in [0.717, 1.165) is 12.8 Å². The summed E-state index contributed by atoms with van der Waals surface area (Å²) in [6.45, 7) is 9.08. The van der Waals surface area contributed by atoms with E-state index in [9.17, 15) is 9.59 Å². The molecule has 2 rings (SSSR count). The van der Waals surface area contributed by atoms with Crippen LogP contribution in [0.1, 0.15) is 53.4 Å². The van der Waals surface area contributed by atoms with Gasteiger partial charge in [-0.2, -0.15) is 0 Å². The van der Waals surface area contributed by atoms with Gasteiger partial charge in [-0.3, -0.25) is 14.5 Å². The van der Waals surface area contributed by atoms with Crippen LogP contribution in [0.4, 0.5) is 0 Å². The Morgan fingerprint density at radius 2 is 1.83 bits per heavy atom. The van der Waals surface area contributed by atoms with Crippen molar-refractivity contribution in [1.29, 1.82) is 0 Å². The van der Waals surface area contributed by atoms with E-state index in [4.69, 9.17) is 5.73 Å². The van der Waals surface area contributed by atoms with Crippen molar-refractivity contribution in [3.8, 4) is 0 Å². The first-order valence-electron chi connectivity index (χ1n) is 8.90. The minimum atomic E-state index is -0.421. The van der Waals surface area contributed by atoms with Gasteiger partial charge in [-0.15, -0.1) is 0 Å². The Labute approximate surface area is 139 Å². The number of piperidine rings is 1. The highest BCUT2D eigenvalue weighted by Gasteiger charge is 2.39. The molecule has 0 aromatic heterocycles. The summed E-state index contributed by atoms with van der Waals surface area (Å²) in [7, 11) is 0. The van der Waals surface area contributed by atoms with Crippen molar-refractivity contribution in [1.82, 2.24) is 15.1 Å². The summed E-state index contributed by atoms with van der Waals surface area (Å²) >= 11 is 0. The third-order valence-corrected chi connectivity index (χ3v) is 5.08. The normalized spacial score (nSPS) is 32.3. The molecule has 6 heteroatoms. The first-order chi connectivity index (χ1) is 10.8. The lowest BCUT2D eigenvalue weighted by atomic mass is 9.97. The van der Waals surface area contributed by atoms with Crippen molar-refractivity contribution in [2.75, 3.05) is 13.1 Å². The third-order valence-electron chi connectivity index (χ3n) is 5.08. The topological polar surface area (TPSA) is 78.7 Å². The SMILES string of the molecule is CC(C)NC(=O)[C@@H]1C[C@@H](N)CN1C(=O)CN1[C@H](C)CCC[C@@H]1C. The molecule has 0 radical (unpaired) electrons. The van der Waals surface area contributed by atoms with Gasteiger partial charge in [0.25, 0.3) is 0 Å². The van der Waals surface area contributed by atoms with E-state index in [1.54, 1.807) is 4.90 Å². The Morgan fingerprint density at radius 3 is 2.39 bits per heavy atom. The molecule has 0 aromatic rings. The van der Waals surface area contributed by atoms with Gasteiger partial charge in [0.1, 0.15) is 6.04 Å². The second kappa shape index (κ2) is 7.62. The van der Waals surface area contributed by atoms with Crippen LogP contribution in [0.15, 0.2) is 0 Å². The third kappa shape index (κ3) is 4.44. The van der Waals surface area contributed by atoms with E-state index < -0.39 is 6.04 Å². The van der Waals surface area contributed by atoms with Gasteiger partial charge in [-0.1, -0.05) is 6.42 Å². The summed E-state index contributed by atoms with van der Waals surface area (Å²) in [4.78, 5) is 29.1. The molecule has 4 atom stereocenters. The van der Waals surface area contributed by atoms with Crippen LogP contribution in [0.5, 0.6) is 0 Å². The number of nitrogens with two attached hydrogens (primary N) is 1. The lowest BCUT2D eigenvalue weighted by Crippen LogP contribution is -2.53. The van der Waals surface area contributed by atoms with Gasteiger partial charge < -0.3 is 16.0 Å². The highest BCUT2D eigenvalue weighted by atomic mass is 16.2. The summed E-state index contributed by atoms with van der Waals surface area (Å²) < 4.78 is 0. The molecule has 2 aliphatic heterocycles. The van der Waals surface area contributed by atoms with Crippen LogP contribution in [-0.2, 0) is 9.59 Å². The van der Waals surface area contributed by atoms with Gasteiger partial charge in [-0.25, -0.2) is 0 Å². The summed E-state index contributed by atoms with van der Waals surface area (Å²) in [5, 5.41) is 2.91. The standard InChI is InChI=1S/C17H32N4O2/c1-11(2)19-17(23)15-8-14(18)9-21(15)16(22)10-20-12(3)6-5-7-13(20)4/h11-15H,5-10,18H2,1-4H3,(H,19,23)/t12-,13+,14-,15+/m1/s1. The van der Waals surface area contributed by atoms with Crippen LogP contribution in [0.25, 0.3) is 0 Å². The monoisotopic (exact) mass is 324 g/mol. The van der Waals surface area contributed by atoms with Gasteiger partial charge in [0.15, 0.2) is 0 Å². The fraction of sp³-hybridized carbons (Fsp3) is 0.882. The largest absolute Gasteiger partial charge is 0.352 e. The van der Waals surface area contributed by atoms with Gasteiger partial charge in [0.05, 0.1) is 6.54 Å². The lowest BCUT2D eigenvalue weighted by molar-refractivity contribution is -0.140. The molecule has 0 saturated carbocycles. The molecular formula is C17H32N4O2. The van der Waals surface area contributed by atoms with Gasteiger partial charge >= 0.3 is 0 Å². The van der Waals surface area contributed by atoms with Crippen molar-refractivity contribution < 1.29 is 9.59 Å². The molecule has 3 N–H and O–H groups in total. The summed E-state index contributed by atoms with van der Waals surface area (Å²) in [6.07, 6.45) is 4.04.